The van der Waals surface area contributed by atoms with Gasteiger partial charge >= 0.3 is 0 Å². The molecule has 0 aliphatic heterocycles. The Morgan fingerprint density at radius 1 is 1.22 bits per heavy atom. The van der Waals surface area contributed by atoms with Crippen molar-refractivity contribution >= 4 is 17.5 Å². The fourth-order valence-corrected chi connectivity index (χ4v) is 2.45. The summed E-state index contributed by atoms with van der Waals surface area (Å²) >= 11 is 5.86. The molecule has 1 heterocycles. The zero-order chi connectivity index (χ0) is 16.8. The van der Waals surface area contributed by atoms with Crippen LogP contribution in [0.3, 0.4) is 0 Å². The molecule has 0 radical (unpaired) electrons. The molecule has 0 aliphatic carbocycles. The van der Waals surface area contributed by atoms with E-state index < -0.39 is 0 Å². The monoisotopic (exact) mass is 332 g/mol. The van der Waals surface area contributed by atoms with Crippen molar-refractivity contribution in [1.29, 1.82) is 0 Å². The zero-order valence-corrected chi connectivity index (χ0v) is 14.3. The number of nitrogens with zero attached hydrogens (tertiary/aromatic N) is 1. The SMILES string of the molecule is CC(C)CC(C)NC(=O)c1cccnc1Oc1ccc(Cl)cc1. The van der Waals surface area contributed by atoms with Crippen molar-refractivity contribution in [3.63, 3.8) is 0 Å². The van der Waals surface area contributed by atoms with Crippen LogP contribution >= 0.6 is 11.6 Å². The van der Waals surface area contributed by atoms with E-state index in [1.165, 1.54) is 0 Å². The molecule has 2 aromatic rings. The second kappa shape index (κ2) is 7.97. The standard InChI is InChI=1S/C18H21ClN2O2/c1-12(2)11-13(3)21-17(22)16-5-4-10-20-18(16)23-15-8-6-14(19)7-9-15/h4-10,12-13H,11H2,1-3H3,(H,21,22). The number of ether oxygens (including phenoxy) is 1. The molecule has 1 atom stereocenters. The maximum Gasteiger partial charge on any atom is 0.256 e. The van der Waals surface area contributed by atoms with Gasteiger partial charge in [-0.3, -0.25) is 4.79 Å². The molecule has 1 amide bonds. The van der Waals surface area contributed by atoms with E-state index >= 15 is 0 Å². The number of hydrogen-bond acceptors (Lipinski definition) is 3. The van der Waals surface area contributed by atoms with Gasteiger partial charge in [-0.05, 0) is 55.7 Å². The Labute approximate surface area is 141 Å². The van der Waals surface area contributed by atoms with Crippen LogP contribution in [0.2, 0.25) is 5.02 Å². The molecular weight excluding hydrogens is 312 g/mol. The summed E-state index contributed by atoms with van der Waals surface area (Å²) in [6, 6.07) is 10.4. The summed E-state index contributed by atoms with van der Waals surface area (Å²) in [6.07, 6.45) is 2.51. The Morgan fingerprint density at radius 2 is 1.91 bits per heavy atom. The van der Waals surface area contributed by atoms with Crippen LogP contribution < -0.4 is 10.1 Å². The lowest BCUT2D eigenvalue weighted by molar-refractivity contribution is 0.0933. The van der Waals surface area contributed by atoms with Gasteiger partial charge in [-0.15, -0.1) is 0 Å². The minimum Gasteiger partial charge on any atom is -0.438 e. The summed E-state index contributed by atoms with van der Waals surface area (Å²) < 4.78 is 5.72. The number of carbonyl (C=O) groups excluding carboxylic acids is 1. The predicted octanol–water partition coefficient (Wildman–Crippen LogP) is 4.69. The van der Waals surface area contributed by atoms with Gasteiger partial charge in [-0.2, -0.15) is 0 Å². The molecule has 23 heavy (non-hydrogen) atoms. The average molecular weight is 333 g/mol. The largest absolute Gasteiger partial charge is 0.438 e. The molecule has 1 aromatic carbocycles. The third kappa shape index (κ3) is 5.25. The first kappa shape index (κ1) is 17.3. The van der Waals surface area contributed by atoms with Crippen LogP contribution in [0.4, 0.5) is 0 Å². The lowest BCUT2D eigenvalue weighted by Gasteiger charge is -2.17. The van der Waals surface area contributed by atoms with E-state index in [4.69, 9.17) is 16.3 Å². The van der Waals surface area contributed by atoms with Crippen LogP contribution in [0.5, 0.6) is 11.6 Å². The van der Waals surface area contributed by atoms with Crippen molar-refractivity contribution in [1.82, 2.24) is 10.3 Å². The number of pyridine rings is 1. The molecule has 1 unspecified atom stereocenters. The zero-order valence-electron chi connectivity index (χ0n) is 13.5. The third-order valence-corrected chi connectivity index (χ3v) is 3.50. The van der Waals surface area contributed by atoms with Crippen LogP contribution in [-0.2, 0) is 0 Å². The first-order valence-electron chi connectivity index (χ1n) is 7.65. The van der Waals surface area contributed by atoms with Gasteiger partial charge in [0.25, 0.3) is 5.91 Å². The van der Waals surface area contributed by atoms with Crippen LogP contribution in [0.25, 0.3) is 0 Å². The molecule has 5 heteroatoms. The Hall–Kier alpha value is -2.07. The van der Waals surface area contributed by atoms with Gasteiger partial charge in [0, 0.05) is 17.3 Å². The molecule has 4 nitrogen and oxygen atoms in total. The fraction of sp³-hybridized carbons (Fsp3) is 0.333. The van der Waals surface area contributed by atoms with E-state index in [1.54, 1.807) is 42.6 Å². The number of benzene rings is 1. The van der Waals surface area contributed by atoms with E-state index in [0.717, 1.165) is 6.42 Å². The normalized spacial score (nSPS) is 12.0. The van der Waals surface area contributed by atoms with Crippen molar-refractivity contribution in [2.24, 2.45) is 5.92 Å². The minimum absolute atomic E-state index is 0.0890. The van der Waals surface area contributed by atoms with E-state index in [1.807, 2.05) is 6.92 Å². The summed E-state index contributed by atoms with van der Waals surface area (Å²) in [6.45, 7) is 6.25. The minimum atomic E-state index is -0.185. The van der Waals surface area contributed by atoms with Gasteiger partial charge in [0.15, 0.2) is 0 Å². The van der Waals surface area contributed by atoms with Gasteiger partial charge in [0.1, 0.15) is 11.3 Å². The topological polar surface area (TPSA) is 51.2 Å². The van der Waals surface area contributed by atoms with Crippen molar-refractivity contribution in [2.75, 3.05) is 0 Å². The summed E-state index contributed by atoms with van der Waals surface area (Å²) in [5.41, 5.74) is 0.415. The summed E-state index contributed by atoms with van der Waals surface area (Å²) in [4.78, 5) is 16.6. The fourth-order valence-electron chi connectivity index (χ4n) is 2.33. The number of aromatic nitrogens is 1. The van der Waals surface area contributed by atoms with Crippen molar-refractivity contribution < 1.29 is 9.53 Å². The molecule has 122 valence electrons. The summed E-state index contributed by atoms with van der Waals surface area (Å²) in [7, 11) is 0. The van der Waals surface area contributed by atoms with E-state index in [9.17, 15) is 4.79 Å². The summed E-state index contributed by atoms with van der Waals surface area (Å²) in [5.74, 6) is 1.20. The smallest absolute Gasteiger partial charge is 0.256 e. The van der Waals surface area contributed by atoms with Crippen molar-refractivity contribution in [3.05, 3.63) is 53.2 Å². The van der Waals surface area contributed by atoms with Crippen molar-refractivity contribution in [3.8, 4) is 11.6 Å². The lowest BCUT2D eigenvalue weighted by Crippen LogP contribution is -2.33. The molecule has 0 aliphatic rings. The molecule has 0 fully saturated rings. The highest BCUT2D eigenvalue weighted by molar-refractivity contribution is 6.30. The average Bonchev–Trinajstić information content (AvgIpc) is 2.49. The molecule has 0 saturated carbocycles. The molecule has 0 bridgehead atoms. The first-order chi connectivity index (χ1) is 11.0. The number of amides is 1. The highest BCUT2D eigenvalue weighted by Crippen LogP contribution is 2.24. The van der Waals surface area contributed by atoms with Gasteiger partial charge in [0.2, 0.25) is 5.88 Å². The highest BCUT2D eigenvalue weighted by Gasteiger charge is 2.16. The quantitative estimate of drug-likeness (QED) is 0.834. The van der Waals surface area contributed by atoms with Gasteiger partial charge < -0.3 is 10.1 Å². The van der Waals surface area contributed by atoms with E-state index in [0.29, 0.717) is 22.3 Å². The molecule has 1 aromatic heterocycles. The number of hydrogen-bond donors (Lipinski definition) is 1. The third-order valence-electron chi connectivity index (χ3n) is 3.25. The molecule has 1 N–H and O–H groups in total. The second-order valence-electron chi connectivity index (χ2n) is 5.92. The second-order valence-corrected chi connectivity index (χ2v) is 6.35. The number of nitrogens with one attached hydrogen (secondary N) is 1. The Kier molecular flexibility index (Phi) is 5.99. The maximum absolute atomic E-state index is 12.4. The molecular formula is C18H21ClN2O2. The molecule has 2 rings (SSSR count). The van der Waals surface area contributed by atoms with Gasteiger partial charge in [0.05, 0.1) is 0 Å². The number of carbonyl (C=O) groups is 1. The van der Waals surface area contributed by atoms with Crippen LogP contribution in [0.1, 0.15) is 37.6 Å². The predicted molar refractivity (Wildman–Crippen MR) is 92.1 cm³/mol. The van der Waals surface area contributed by atoms with Crippen molar-refractivity contribution in [2.45, 2.75) is 33.2 Å². The van der Waals surface area contributed by atoms with E-state index in [-0.39, 0.29) is 17.8 Å². The van der Waals surface area contributed by atoms with Crippen LogP contribution in [-0.4, -0.2) is 16.9 Å². The summed E-state index contributed by atoms with van der Waals surface area (Å²) in [5, 5.41) is 3.61. The Morgan fingerprint density at radius 3 is 2.57 bits per heavy atom. The molecule has 0 saturated heterocycles. The molecule has 0 spiro atoms. The van der Waals surface area contributed by atoms with Crippen LogP contribution in [0.15, 0.2) is 42.6 Å². The maximum atomic E-state index is 12.4. The van der Waals surface area contributed by atoms with Gasteiger partial charge in [-0.25, -0.2) is 4.98 Å². The van der Waals surface area contributed by atoms with Crippen LogP contribution in [0, 0.1) is 5.92 Å². The Balaban J connectivity index is 2.13. The number of halogens is 1. The first-order valence-corrected chi connectivity index (χ1v) is 8.03. The van der Waals surface area contributed by atoms with Gasteiger partial charge in [-0.1, -0.05) is 25.4 Å². The van der Waals surface area contributed by atoms with E-state index in [2.05, 4.69) is 24.1 Å². The number of rotatable bonds is 6. The lowest BCUT2D eigenvalue weighted by atomic mass is 10.0. The Bertz CT molecular complexity index is 656. The highest BCUT2D eigenvalue weighted by atomic mass is 35.5.